The molecule has 4 rings (SSSR count). The van der Waals surface area contributed by atoms with Gasteiger partial charge in [0.25, 0.3) is 11.8 Å². The molecule has 1 fully saturated rings. The topological polar surface area (TPSA) is 138 Å². The van der Waals surface area contributed by atoms with Crippen LogP contribution in [-0.2, 0) is 16.1 Å². The first-order valence-electron chi connectivity index (χ1n) is 13.1. The molecular weight excluding hydrogens is 662 g/mol. The number of methoxy groups -OCH3 is 2. The minimum Gasteiger partial charge on any atom is -0.495 e. The number of thioether (sulfide) groups is 1. The van der Waals surface area contributed by atoms with E-state index < -0.39 is 41.0 Å². The van der Waals surface area contributed by atoms with Crippen molar-refractivity contribution in [3.63, 3.8) is 0 Å². The number of carboxylic acid groups (broad SMARTS) is 1. The number of amides is 4. The lowest BCUT2D eigenvalue weighted by molar-refractivity contribution is -0.192. The number of alkyl halides is 6. The van der Waals surface area contributed by atoms with E-state index in [1.54, 1.807) is 44.2 Å². The number of benzene rings is 2. The highest BCUT2D eigenvalue weighted by Gasteiger charge is 2.52. The van der Waals surface area contributed by atoms with Gasteiger partial charge in [-0.1, -0.05) is 18.2 Å². The van der Waals surface area contributed by atoms with Crippen molar-refractivity contribution in [2.45, 2.75) is 42.5 Å². The minimum atomic E-state index is -5.08. The molecule has 0 radical (unpaired) electrons. The number of aromatic nitrogens is 1. The lowest BCUT2D eigenvalue weighted by Gasteiger charge is -2.29. The molecule has 11 nitrogen and oxygen atoms in total. The van der Waals surface area contributed by atoms with Crippen LogP contribution in [0.2, 0.25) is 0 Å². The average molecular weight is 689 g/mol. The molecule has 0 saturated carbocycles. The Morgan fingerprint density at radius 1 is 0.957 bits per heavy atom. The van der Waals surface area contributed by atoms with Gasteiger partial charge in [0.05, 0.1) is 38.2 Å². The molecule has 3 aromatic rings. The summed E-state index contributed by atoms with van der Waals surface area (Å²) in [6.45, 7) is 2.94. The van der Waals surface area contributed by atoms with Crippen molar-refractivity contribution in [1.29, 1.82) is 0 Å². The standard InChI is InChI=1S/C27H25F3N4O5S.C2HF3O2/c1-26(2)24(36)34(17-10-12-18(13-11-17)40-27(28,29)30)25(37)33(26)15-19-20(38-3)14-31-22(21(19)39-4)32-23(35)16-8-6-5-7-9-16;3-2(4,5)1(6)7/h5-14H,15H2,1-4H3,(H,31,32,35);(H,6,7). The summed E-state index contributed by atoms with van der Waals surface area (Å²) < 4.78 is 80.9. The molecule has 47 heavy (non-hydrogen) atoms. The summed E-state index contributed by atoms with van der Waals surface area (Å²) >= 11 is -0.295. The van der Waals surface area contributed by atoms with Gasteiger partial charge in [-0.15, -0.1) is 0 Å². The summed E-state index contributed by atoms with van der Waals surface area (Å²) in [5.74, 6) is -3.30. The van der Waals surface area contributed by atoms with Gasteiger partial charge in [-0.2, -0.15) is 26.3 Å². The predicted octanol–water partition coefficient (Wildman–Crippen LogP) is 6.34. The number of rotatable bonds is 8. The van der Waals surface area contributed by atoms with Gasteiger partial charge in [0, 0.05) is 10.5 Å². The number of hydrogen-bond donors (Lipinski definition) is 2. The number of ether oxygens (including phenoxy) is 2. The van der Waals surface area contributed by atoms with Gasteiger partial charge < -0.3 is 24.8 Å². The van der Waals surface area contributed by atoms with E-state index in [1.807, 2.05) is 0 Å². The Morgan fingerprint density at radius 3 is 2.02 bits per heavy atom. The van der Waals surface area contributed by atoms with Gasteiger partial charge in [-0.05, 0) is 62.0 Å². The third kappa shape index (κ3) is 8.63. The third-order valence-electron chi connectivity index (χ3n) is 6.50. The zero-order valence-electron chi connectivity index (χ0n) is 24.9. The van der Waals surface area contributed by atoms with Crippen LogP contribution < -0.4 is 19.7 Å². The second kappa shape index (κ2) is 14.2. The van der Waals surface area contributed by atoms with Crippen LogP contribution in [0.1, 0.15) is 29.8 Å². The van der Waals surface area contributed by atoms with Crippen LogP contribution in [0.5, 0.6) is 11.5 Å². The normalized spacial score (nSPS) is 14.3. The molecule has 1 aliphatic rings. The number of carbonyl (C=O) groups is 4. The number of carbonyl (C=O) groups excluding carboxylic acids is 3. The summed E-state index contributed by atoms with van der Waals surface area (Å²) in [6.07, 6.45) is -3.72. The summed E-state index contributed by atoms with van der Waals surface area (Å²) in [7, 11) is 2.77. The van der Waals surface area contributed by atoms with Crippen molar-refractivity contribution in [2.24, 2.45) is 0 Å². The second-order valence-corrected chi connectivity index (χ2v) is 11.1. The number of pyridine rings is 1. The molecule has 252 valence electrons. The monoisotopic (exact) mass is 688 g/mol. The molecule has 4 amide bonds. The maximum Gasteiger partial charge on any atom is 0.490 e. The lowest BCUT2D eigenvalue weighted by Crippen LogP contribution is -2.43. The van der Waals surface area contributed by atoms with E-state index in [-0.39, 0.29) is 46.2 Å². The number of anilines is 2. The fourth-order valence-corrected chi connectivity index (χ4v) is 4.74. The quantitative estimate of drug-likeness (QED) is 0.158. The van der Waals surface area contributed by atoms with Crippen LogP contribution in [0.4, 0.5) is 42.6 Å². The number of urea groups is 1. The van der Waals surface area contributed by atoms with Crippen LogP contribution >= 0.6 is 11.8 Å². The van der Waals surface area contributed by atoms with Gasteiger partial charge in [0.1, 0.15) is 11.3 Å². The largest absolute Gasteiger partial charge is 0.495 e. The fourth-order valence-electron chi connectivity index (χ4n) is 4.20. The maximum atomic E-state index is 13.6. The van der Waals surface area contributed by atoms with E-state index in [4.69, 9.17) is 19.4 Å². The Bertz CT molecular complexity index is 1630. The zero-order valence-corrected chi connectivity index (χ0v) is 25.7. The molecule has 18 heteroatoms. The second-order valence-electron chi connectivity index (χ2n) is 9.92. The first-order valence-corrected chi connectivity index (χ1v) is 13.9. The number of imide groups is 1. The zero-order chi connectivity index (χ0) is 35.3. The summed E-state index contributed by atoms with van der Waals surface area (Å²) in [6, 6.07) is 12.7. The molecular formula is C29H26F6N4O7S. The molecule has 2 N–H and O–H groups in total. The smallest absolute Gasteiger partial charge is 0.490 e. The Kier molecular flexibility index (Phi) is 11.0. The van der Waals surface area contributed by atoms with Gasteiger partial charge >= 0.3 is 23.7 Å². The Morgan fingerprint density at radius 2 is 1.53 bits per heavy atom. The summed E-state index contributed by atoms with van der Waals surface area (Å²) in [5.41, 5.74) is -4.95. The molecule has 0 aliphatic carbocycles. The van der Waals surface area contributed by atoms with Crippen molar-refractivity contribution in [2.75, 3.05) is 24.4 Å². The summed E-state index contributed by atoms with van der Waals surface area (Å²) in [4.78, 5) is 55.0. The van der Waals surface area contributed by atoms with Crippen LogP contribution in [0, 0.1) is 0 Å². The molecule has 0 spiro atoms. The number of hydrogen-bond acceptors (Lipinski definition) is 8. The van der Waals surface area contributed by atoms with Crippen molar-refractivity contribution in [1.82, 2.24) is 9.88 Å². The molecule has 1 aromatic heterocycles. The lowest BCUT2D eigenvalue weighted by atomic mass is 10.0. The molecule has 0 bridgehead atoms. The number of halogens is 6. The number of nitrogens with one attached hydrogen (secondary N) is 1. The molecule has 0 unspecified atom stereocenters. The number of carboxylic acids is 1. The van der Waals surface area contributed by atoms with E-state index in [9.17, 15) is 40.7 Å². The molecule has 1 aliphatic heterocycles. The highest BCUT2D eigenvalue weighted by Crippen LogP contribution is 2.41. The van der Waals surface area contributed by atoms with Gasteiger partial charge in [0.2, 0.25) is 0 Å². The SMILES string of the molecule is COc1cnc(NC(=O)c2ccccc2)c(OC)c1CN1C(=O)N(c2ccc(SC(F)(F)F)cc2)C(=O)C1(C)C.O=C(O)C(F)(F)F. The predicted molar refractivity (Wildman–Crippen MR) is 156 cm³/mol. The maximum absolute atomic E-state index is 13.6. The highest BCUT2D eigenvalue weighted by atomic mass is 32.2. The van der Waals surface area contributed by atoms with Crippen molar-refractivity contribution in [3.8, 4) is 11.5 Å². The Hall–Kier alpha value is -5.00. The molecule has 2 aromatic carbocycles. The van der Waals surface area contributed by atoms with Crippen molar-refractivity contribution in [3.05, 3.63) is 71.9 Å². The molecule has 1 saturated heterocycles. The average Bonchev–Trinajstić information content (AvgIpc) is 3.16. The third-order valence-corrected chi connectivity index (χ3v) is 7.24. The van der Waals surface area contributed by atoms with E-state index in [0.717, 1.165) is 4.90 Å². The Labute approximate surface area is 267 Å². The molecule has 2 heterocycles. The van der Waals surface area contributed by atoms with Crippen LogP contribution in [0.3, 0.4) is 0 Å². The summed E-state index contributed by atoms with van der Waals surface area (Å²) in [5, 5.41) is 9.82. The van der Waals surface area contributed by atoms with Gasteiger partial charge in [0.15, 0.2) is 11.6 Å². The highest BCUT2D eigenvalue weighted by molar-refractivity contribution is 8.00. The van der Waals surface area contributed by atoms with Crippen LogP contribution in [0.15, 0.2) is 65.7 Å². The first-order chi connectivity index (χ1) is 21.8. The van der Waals surface area contributed by atoms with Crippen molar-refractivity contribution >= 4 is 47.1 Å². The minimum absolute atomic E-state index is 0.0807. The van der Waals surface area contributed by atoms with Crippen molar-refractivity contribution < 1.29 is 60.1 Å². The van der Waals surface area contributed by atoms with E-state index in [0.29, 0.717) is 11.1 Å². The fraction of sp³-hybridized carbons (Fsp3) is 0.276. The van der Waals surface area contributed by atoms with Gasteiger partial charge in [-0.3, -0.25) is 9.59 Å². The van der Waals surface area contributed by atoms with Gasteiger partial charge in [-0.25, -0.2) is 19.5 Å². The van der Waals surface area contributed by atoms with Crippen LogP contribution in [0.25, 0.3) is 0 Å². The first kappa shape index (κ1) is 36.5. The molecule has 0 atom stereocenters. The van der Waals surface area contributed by atoms with E-state index in [1.165, 1.54) is 49.6 Å². The van der Waals surface area contributed by atoms with Crippen LogP contribution in [-0.4, -0.2) is 70.2 Å². The number of nitrogens with zero attached hydrogens (tertiary/aromatic N) is 3. The Balaban J connectivity index is 0.000000771. The van der Waals surface area contributed by atoms with E-state index >= 15 is 0 Å². The van der Waals surface area contributed by atoms with E-state index in [2.05, 4.69) is 10.3 Å². The number of aliphatic carboxylic acids is 1.